The lowest BCUT2D eigenvalue weighted by atomic mass is 10.1. The molecule has 2 aromatic rings. The summed E-state index contributed by atoms with van der Waals surface area (Å²) in [5.41, 5.74) is 2.37. The fraction of sp³-hybridized carbons (Fsp3) is 0.300. The van der Waals surface area contributed by atoms with E-state index in [0.29, 0.717) is 13.2 Å². The second-order valence-electron chi connectivity index (χ2n) is 6.15. The first-order valence-corrected chi connectivity index (χ1v) is 8.39. The van der Waals surface area contributed by atoms with Gasteiger partial charge in [0.05, 0.1) is 25.6 Å². The summed E-state index contributed by atoms with van der Waals surface area (Å²) >= 11 is 0. The number of benzene rings is 1. The van der Waals surface area contributed by atoms with Gasteiger partial charge in [-0.1, -0.05) is 36.9 Å². The molecule has 0 bridgehead atoms. The second kappa shape index (κ2) is 8.55. The Morgan fingerprint density at radius 3 is 2.72 bits per heavy atom. The number of hydrogen-bond acceptors (Lipinski definition) is 5. The van der Waals surface area contributed by atoms with Crippen LogP contribution in [0.4, 0.5) is 0 Å². The Labute approximate surface area is 148 Å². The number of hydrogen-bond donors (Lipinski definition) is 1. The fourth-order valence-electron chi connectivity index (χ4n) is 2.74. The van der Waals surface area contributed by atoms with Crippen molar-refractivity contribution in [3.05, 3.63) is 78.5 Å². The number of rotatable bonds is 9. The summed E-state index contributed by atoms with van der Waals surface area (Å²) in [4.78, 5) is 4.29. The largest absolute Gasteiger partial charge is 0.467 e. The molecule has 0 aliphatic carbocycles. The lowest BCUT2D eigenvalue weighted by Gasteiger charge is -2.23. The van der Waals surface area contributed by atoms with Crippen molar-refractivity contribution in [2.24, 2.45) is 0 Å². The average Bonchev–Trinajstić information content (AvgIpc) is 3.28. The molecule has 132 valence electrons. The van der Waals surface area contributed by atoms with Gasteiger partial charge in [0, 0.05) is 25.5 Å². The summed E-state index contributed by atoms with van der Waals surface area (Å²) in [6.45, 7) is 6.58. The van der Waals surface area contributed by atoms with E-state index in [2.05, 4.69) is 46.8 Å². The van der Waals surface area contributed by atoms with Gasteiger partial charge < -0.3 is 24.1 Å². The lowest BCUT2D eigenvalue weighted by Crippen LogP contribution is -2.33. The van der Waals surface area contributed by atoms with Crippen LogP contribution in [0.3, 0.4) is 0 Å². The van der Waals surface area contributed by atoms with Gasteiger partial charge in [-0.2, -0.15) is 0 Å². The molecule has 0 fully saturated rings. The molecule has 0 spiro atoms. The van der Waals surface area contributed by atoms with Crippen LogP contribution in [0.25, 0.3) is 6.08 Å². The Hall–Kier alpha value is -2.50. The number of aliphatic hydroxyl groups excluding tert-OH is 1. The predicted molar refractivity (Wildman–Crippen MR) is 97.2 cm³/mol. The molecule has 0 radical (unpaired) electrons. The molecular formula is C20H24N2O3. The fourth-order valence-corrected chi connectivity index (χ4v) is 2.74. The van der Waals surface area contributed by atoms with E-state index < -0.39 is 6.10 Å². The molecule has 1 aliphatic rings. The van der Waals surface area contributed by atoms with Crippen molar-refractivity contribution in [3.63, 3.8) is 0 Å². The molecule has 5 nitrogen and oxygen atoms in total. The van der Waals surface area contributed by atoms with E-state index in [1.165, 1.54) is 5.56 Å². The first-order valence-electron chi connectivity index (χ1n) is 8.39. The third kappa shape index (κ3) is 5.24. The van der Waals surface area contributed by atoms with Crippen LogP contribution in [-0.4, -0.2) is 40.8 Å². The summed E-state index contributed by atoms with van der Waals surface area (Å²) in [6.07, 6.45) is 6.98. The quantitative estimate of drug-likeness (QED) is 0.760. The maximum atomic E-state index is 10.1. The van der Waals surface area contributed by atoms with Crippen LogP contribution in [0.2, 0.25) is 0 Å². The molecule has 0 saturated carbocycles. The molecular weight excluding hydrogens is 316 g/mol. The highest BCUT2D eigenvalue weighted by atomic mass is 16.5. The first-order chi connectivity index (χ1) is 12.2. The summed E-state index contributed by atoms with van der Waals surface area (Å²) in [7, 11) is 0. The van der Waals surface area contributed by atoms with Gasteiger partial charge in [0.1, 0.15) is 12.4 Å². The van der Waals surface area contributed by atoms with Crippen LogP contribution in [0.15, 0.2) is 66.1 Å². The normalized spacial score (nSPS) is 14.9. The van der Waals surface area contributed by atoms with Crippen molar-refractivity contribution >= 4 is 6.08 Å². The van der Waals surface area contributed by atoms with Gasteiger partial charge in [-0.05, 0) is 23.3 Å². The number of furan rings is 1. The molecule has 1 aliphatic heterocycles. The SMILES string of the molecule is C=Cc1ccc(CN2C=CN(CC(O)COCc3ccco3)C2)cc1. The molecule has 1 N–H and O–H groups in total. The van der Waals surface area contributed by atoms with Gasteiger partial charge in [-0.25, -0.2) is 0 Å². The molecule has 2 heterocycles. The highest BCUT2D eigenvalue weighted by molar-refractivity contribution is 5.47. The predicted octanol–water partition coefficient (Wildman–Crippen LogP) is 3.05. The van der Waals surface area contributed by atoms with E-state index in [1.807, 2.05) is 24.4 Å². The zero-order valence-corrected chi connectivity index (χ0v) is 14.3. The molecule has 25 heavy (non-hydrogen) atoms. The smallest absolute Gasteiger partial charge is 0.129 e. The zero-order valence-electron chi connectivity index (χ0n) is 14.3. The number of nitrogens with zero attached hydrogens (tertiary/aromatic N) is 2. The molecule has 0 amide bonds. The van der Waals surface area contributed by atoms with Gasteiger partial charge >= 0.3 is 0 Å². The highest BCUT2D eigenvalue weighted by Crippen LogP contribution is 2.14. The first kappa shape index (κ1) is 17.3. The molecule has 0 saturated heterocycles. The van der Waals surface area contributed by atoms with Gasteiger partial charge in [0.15, 0.2) is 0 Å². The van der Waals surface area contributed by atoms with Crippen molar-refractivity contribution in [1.82, 2.24) is 9.80 Å². The Morgan fingerprint density at radius 1 is 1.20 bits per heavy atom. The Bertz CT molecular complexity index is 679. The van der Waals surface area contributed by atoms with E-state index in [1.54, 1.807) is 6.26 Å². The van der Waals surface area contributed by atoms with E-state index in [-0.39, 0.29) is 6.61 Å². The minimum atomic E-state index is -0.536. The van der Waals surface area contributed by atoms with Crippen LogP contribution in [0, 0.1) is 0 Å². The average molecular weight is 340 g/mol. The summed E-state index contributed by atoms with van der Waals surface area (Å²) < 4.78 is 10.7. The van der Waals surface area contributed by atoms with Crippen LogP contribution in [0.1, 0.15) is 16.9 Å². The van der Waals surface area contributed by atoms with Crippen molar-refractivity contribution < 1.29 is 14.3 Å². The number of ether oxygens (including phenoxy) is 1. The topological polar surface area (TPSA) is 49.1 Å². The Morgan fingerprint density at radius 2 is 2.00 bits per heavy atom. The zero-order chi connectivity index (χ0) is 17.5. The third-order valence-electron chi connectivity index (χ3n) is 4.03. The molecule has 5 heteroatoms. The monoisotopic (exact) mass is 340 g/mol. The number of aliphatic hydroxyl groups is 1. The number of β-amino-alcohol motifs (C(OH)–C–C–N with tert-alkyl or cyclic N) is 1. The molecule has 1 aromatic carbocycles. The van der Waals surface area contributed by atoms with Crippen LogP contribution in [0.5, 0.6) is 0 Å². The van der Waals surface area contributed by atoms with Crippen LogP contribution >= 0.6 is 0 Å². The Balaban J connectivity index is 1.37. The van der Waals surface area contributed by atoms with Crippen molar-refractivity contribution in [3.8, 4) is 0 Å². The van der Waals surface area contributed by atoms with Crippen molar-refractivity contribution in [2.45, 2.75) is 19.3 Å². The highest BCUT2D eigenvalue weighted by Gasteiger charge is 2.16. The van der Waals surface area contributed by atoms with Gasteiger partial charge in [-0.15, -0.1) is 0 Å². The van der Waals surface area contributed by atoms with Gasteiger partial charge in [0.25, 0.3) is 0 Å². The van der Waals surface area contributed by atoms with Crippen LogP contribution in [-0.2, 0) is 17.9 Å². The van der Waals surface area contributed by atoms with Gasteiger partial charge in [0.2, 0.25) is 0 Å². The van der Waals surface area contributed by atoms with E-state index in [9.17, 15) is 5.11 Å². The summed E-state index contributed by atoms with van der Waals surface area (Å²) in [6, 6.07) is 12.1. The van der Waals surface area contributed by atoms with Gasteiger partial charge in [-0.3, -0.25) is 0 Å². The lowest BCUT2D eigenvalue weighted by molar-refractivity contribution is 0.00916. The molecule has 1 unspecified atom stereocenters. The van der Waals surface area contributed by atoms with Crippen LogP contribution < -0.4 is 0 Å². The minimum absolute atomic E-state index is 0.286. The second-order valence-corrected chi connectivity index (χ2v) is 6.15. The van der Waals surface area contributed by atoms with E-state index in [4.69, 9.17) is 9.15 Å². The van der Waals surface area contributed by atoms with E-state index >= 15 is 0 Å². The third-order valence-corrected chi connectivity index (χ3v) is 4.03. The molecule has 3 rings (SSSR count). The van der Waals surface area contributed by atoms with Crippen molar-refractivity contribution in [2.75, 3.05) is 19.8 Å². The standard InChI is InChI=1S/C20H24N2O3/c1-2-17-5-7-18(8-6-17)12-21-9-10-22(16-21)13-19(23)14-24-15-20-4-3-11-25-20/h2-11,19,23H,1,12-16H2. The summed E-state index contributed by atoms with van der Waals surface area (Å²) in [5, 5.41) is 10.1. The van der Waals surface area contributed by atoms with Crippen molar-refractivity contribution in [1.29, 1.82) is 0 Å². The minimum Gasteiger partial charge on any atom is -0.467 e. The molecule has 1 atom stereocenters. The summed E-state index contributed by atoms with van der Waals surface area (Å²) in [5.74, 6) is 0.766. The molecule has 1 aromatic heterocycles. The maximum absolute atomic E-state index is 10.1. The maximum Gasteiger partial charge on any atom is 0.129 e. The van der Waals surface area contributed by atoms with E-state index in [0.717, 1.165) is 24.5 Å². The Kier molecular flexibility index (Phi) is 5.93.